The number of carbonyl (C=O) groups is 2. The lowest BCUT2D eigenvalue weighted by Gasteiger charge is -2.29. The minimum absolute atomic E-state index is 0.134. The van der Waals surface area contributed by atoms with Gasteiger partial charge in [-0.3, -0.25) is 0 Å². The average molecular weight is 705 g/mol. The molecule has 2 N–H and O–H groups in total. The van der Waals surface area contributed by atoms with Gasteiger partial charge in [0, 0.05) is 16.7 Å². The first kappa shape index (κ1) is 41.0. The van der Waals surface area contributed by atoms with Gasteiger partial charge >= 0.3 is 11.9 Å². The molecule has 0 radical (unpaired) electrons. The maximum atomic E-state index is 15.7. The summed E-state index contributed by atoms with van der Waals surface area (Å²) >= 11 is 0. The van der Waals surface area contributed by atoms with E-state index in [0.717, 1.165) is 29.7 Å². The van der Waals surface area contributed by atoms with Crippen LogP contribution >= 0.6 is 0 Å². The van der Waals surface area contributed by atoms with Crippen LogP contribution in [0.4, 0.5) is 4.39 Å². The molecule has 3 aromatic carbocycles. The summed E-state index contributed by atoms with van der Waals surface area (Å²) in [6, 6.07) is 18.0. The first-order valence-corrected chi connectivity index (χ1v) is 17.7. The fourth-order valence-corrected chi connectivity index (χ4v) is 5.23. The molecule has 0 bridgehead atoms. The Balaban J connectivity index is 1.76. The van der Waals surface area contributed by atoms with Crippen LogP contribution in [0, 0.1) is 11.2 Å². The molecule has 0 saturated heterocycles. The summed E-state index contributed by atoms with van der Waals surface area (Å²) in [5, 5.41) is 20.2. The number of benzene rings is 3. The van der Waals surface area contributed by atoms with Gasteiger partial charge in [-0.05, 0) is 85.7 Å². The summed E-state index contributed by atoms with van der Waals surface area (Å²) in [5.74, 6) is -0.314. The molecular weight excluding hydrogens is 651 g/mol. The SMILES string of the molecule is C=C(C)C(=O)OCCCc1cc(-c2ccc(-c3ccc(OCCCCCCCC)cc3)cc2F)ccc1OCC(CO)(CO)COC(=O)C(=C)C. The van der Waals surface area contributed by atoms with Crippen molar-refractivity contribution in [3.8, 4) is 33.8 Å². The summed E-state index contributed by atoms with van der Waals surface area (Å²) in [7, 11) is 0. The Bertz CT molecular complexity index is 1590. The van der Waals surface area contributed by atoms with Gasteiger partial charge in [-0.2, -0.15) is 0 Å². The van der Waals surface area contributed by atoms with Gasteiger partial charge in [0.2, 0.25) is 0 Å². The number of aliphatic hydroxyl groups is 2. The van der Waals surface area contributed by atoms with Crippen LogP contribution in [0.1, 0.15) is 71.3 Å². The third-order valence-electron chi connectivity index (χ3n) is 8.53. The molecule has 51 heavy (non-hydrogen) atoms. The Kier molecular flexibility index (Phi) is 16.9. The maximum absolute atomic E-state index is 15.7. The van der Waals surface area contributed by atoms with Gasteiger partial charge in [0.15, 0.2) is 0 Å². The van der Waals surface area contributed by atoms with Crippen molar-refractivity contribution in [2.24, 2.45) is 5.41 Å². The number of hydrogen-bond donors (Lipinski definition) is 2. The van der Waals surface area contributed by atoms with Crippen molar-refractivity contribution in [2.45, 2.75) is 72.1 Å². The van der Waals surface area contributed by atoms with Crippen molar-refractivity contribution in [2.75, 3.05) is 39.6 Å². The molecule has 9 heteroatoms. The second-order valence-corrected chi connectivity index (χ2v) is 13.1. The van der Waals surface area contributed by atoms with Crippen LogP contribution in [0.3, 0.4) is 0 Å². The monoisotopic (exact) mass is 704 g/mol. The number of unbranched alkanes of at least 4 members (excludes halogenated alkanes) is 5. The fraction of sp³-hybridized carbons (Fsp3) is 0.429. The minimum Gasteiger partial charge on any atom is -0.494 e. The number of hydrogen-bond acceptors (Lipinski definition) is 8. The van der Waals surface area contributed by atoms with Crippen LogP contribution in [0.25, 0.3) is 22.3 Å². The molecule has 3 rings (SSSR count). The molecule has 0 aliphatic heterocycles. The van der Waals surface area contributed by atoms with Crippen LogP contribution in [-0.4, -0.2) is 61.8 Å². The van der Waals surface area contributed by atoms with Gasteiger partial charge in [0.1, 0.15) is 30.5 Å². The number of aryl methyl sites for hydroxylation is 1. The third kappa shape index (κ3) is 13.0. The van der Waals surface area contributed by atoms with E-state index in [0.29, 0.717) is 47.5 Å². The molecule has 0 aliphatic rings. The van der Waals surface area contributed by atoms with Crippen LogP contribution in [0.2, 0.25) is 0 Å². The van der Waals surface area contributed by atoms with E-state index in [4.69, 9.17) is 18.9 Å². The van der Waals surface area contributed by atoms with Gasteiger partial charge in [0.25, 0.3) is 0 Å². The van der Waals surface area contributed by atoms with E-state index < -0.39 is 36.4 Å². The zero-order chi connectivity index (χ0) is 37.2. The minimum atomic E-state index is -1.28. The van der Waals surface area contributed by atoms with Crippen molar-refractivity contribution < 1.29 is 43.1 Å². The standard InChI is InChI=1S/C42H53FO8/c1-6-7-8-9-10-11-22-48-36-18-14-32(15-19-36)33-16-20-37(38(43)25-33)34-17-21-39(35(24-34)13-12-23-49-40(46)30(2)3)50-28-42(26-44,27-45)29-51-41(47)31(4)5/h14-21,24-25,44-45H,2,4,6-13,22-23,26-29H2,1,3,5H3. The Labute approximate surface area is 301 Å². The Morgan fingerprint density at radius 2 is 1.33 bits per heavy atom. The normalized spacial score (nSPS) is 11.2. The molecular formula is C42H53FO8. The molecule has 0 atom stereocenters. The molecule has 8 nitrogen and oxygen atoms in total. The molecule has 0 fully saturated rings. The number of rotatable bonds is 23. The highest BCUT2D eigenvalue weighted by Gasteiger charge is 2.32. The van der Waals surface area contributed by atoms with Crippen molar-refractivity contribution in [3.05, 3.63) is 96.3 Å². The third-order valence-corrected chi connectivity index (χ3v) is 8.53. The highest BCUT2D eigenvalue weighted by Crippen LogP contribution is 2.33. The summed E-state index contributed by atoms with van der Waals surface area (Å²) in [5.41, 5.74) is 2.51. The second-order valence-electron chi connectivity index (χ2n) is 13.1. The zero-order valence-electron chi connectivity index (χ0n) is 30.3. The van der Waals surface area contributed by atoms with Crippen molar-refractivity contribution in [1.82, 2.24) is 0 Å². The molecule has 0 amide bonds. The molecule has 0 spiro atoms. The quantitative estimate of drug-likeness (QED) is 0.0575. The number of esters is 2. The van der Waals surface area contributed by atoms with Crippen LogP contribution in [-0.2, 0) is 25.5 Å². The molecule has 0 heterocycles. The molecule has 0 unspecified atom stereocenters. The summed E-state index contributed by atoms with van der Waals surface area (Å²) < 4.78 is 38.2. The van der Waals surface area contributed by atoms with Gasteiger partial charge in [0.05, 0.1) is 31.8 Å². The van der Waals surface area contributed by atoms with Crippen LogP contribution < -0.4 is 9.47 Å². The molecule has 0 aliphatic carbocycles. The van der Waals surface area contributed by atoms with Crippen LogP contribution in [0.15, 0.2) is 85.0 Å². The zero-order valence-corrected chi connectivity index (χ0v) is 30.3. The summed E-state index contributed by atoms with van der Waals surface area (Å²) in [6.45, 7) is 11.8. The van der Waals surface area contributed by atoms with Crippen LogP contribution in [0.5, 0.6) is 11.5 Å². The van der Waals surface area contributed by atoms with E-state index in [-0.39, 0.29) is 25.4 Å². The van der Waals surface area contributed by atoms with E-state index in [1.54, 1.807) is 25.1 Å². The van der Waals surface area contributed by atoms with E-state index >= 15 is 4.39 Å². The lowest BCUT2D eigenvalue weighted by molar-refractivity contribution is -0.146. The topological polar surface area (TPSA) is 112 Å². The molecule has 3 aromatic rings. The van der Waals surface area contributed by atoms with E-state index in [1.807, 2.05) is 36.4 Å². The van der Waals surface area contributed by atoms with E-state index in [2.05, 4.69) is 20.1 Å². The number of halogens is 1. The molecule has 0 saturated carbocycles. The number of aliphatic hydroxyl groups excluding tert-OH is 2. The summed E-state index contributed by atoms with van der Waals surface area (Å²) in [4.78, 5) is 23.9. The smallest absolute Gasteiger partial charge is 0.333 e. The number of ether oxygens (including phenoxy) is 4. The van der Waals surface area contributed by atoms with Gasteiger partial charge < -0.3 is 29.2 Å². The average Bonchev–Trinajstić information content (AvgIpc) is 3.13. The van der Waals surface area contributed by atoms with Crippen molar-refractivity contribution in [1.29, 1.82) is 0 Å². The Hall–Kier alpha value is -4.47. The lowest BCUT2D eigenvalue weighted by atomic mass is 9.92. The van der Waals surface area contributed by atoms with E-state index in [9.17, 15) is 19.8 Å². The van der Waals surface area contributed by atoms with Gasteiger partial charge in [-0.15, -0.1) is 0 Å². The van der Waals surface area contributed by atoms with Gasteiger partial charge in [-0.25, -0.2) is 14.0 Å². The van der Waals surface area contributed by atoms with Crippen molar-refractivity contribution >= 4 is 11.9 Å². The fourth-order valence-electron chi connectivity index (χ4n) is 5.23. The highest BCUT2D eigenvalue weighted by atomic mass is 19.1. The maximum Gasteiger partial charge on any atom is 0.333 e. The first-order chi connectivity index (χ1) is 24.5. The largest absolute Gasteiger partial charge is 0.494 e. The first-order valence-electron chi connectivity index (χ1n) is 17.7. The predicted octanol–water partition coefficient (Wildman–Crippen LogP) is 8.42. The van der Waals surface area contributed by atoms with Crippen molar-refractivity contribution in [3.63, 3.8) is 0 Å². The predicted molar refractivity (Wildman–Crippen MR) is 198 cm³/mol. The van der Waals surface area contributed by atoms with Gasteiger partial charge in [-0.1, -0.05) is 82.5 Å². The lowest BCUT2D eigenvalue weighted by Crippen LogP contribution is -2.41. The number of carbonyl (C=O) groups excluding carboxylic acids is 2. The Morgan fingerprint density at radius 3 is 1.98 bits per heavy atom. The van der Waals surface area contributed by atoms with E-state index in [1.165, 1.54) is 38.7 Å². The molecule has 276 valence electrons. The Morgan fingerprint density at radius 1 is 0.706 bits per heavy atom. The molecule has 0 aromatic heterocycles. The highest BCUT2D eigenvalue weighted by molar-refractivity contribution is 5.87. The summed E-state index contributed by atoms with van der Waals surface area (Å²) in [6.07, 6.45) is 8.05. The second kappa shape index (κ2) is 21.0.